The van der Waals surface area contributed by atoms with Crippen molar-refractivity contribution in [3.8, 4) is 5.75 Å². The molecule has 0 amide bonds. The zero-order valence-electron chi connectivity index (χ0n) is 9.80. The van der Waals surface area contributed by atoms with Crippen molar-refractivity contribution in [2.45, 2.75) is 6.42 Å². The van der Waals surface area contributed by atoms with Gasteiger partial charge in [-0.05, 0) is 17.7 Å². The Morgan fingerprint density at radius 3 is 2.56 bits per heavy atom. The summed E-state index contributed by atoms with van der Waals surface area (Å²) in [5.74, 6) is -0.0371. The lowest BCUT2D eigenvalue weighted by atomic mass is 10.1. The van der Waals surface area contributed by atoms with Gasteiger partial charge in [-0.3, -0.25) is 4.79 Å². The topological polar surface area (TPSA) is 26.3 Å². The monoisotopic (exact) mass is 244 g/mol. The van der Waals surface area contributed by atoms with Crippen LogP contribution in [0.5, 0.6) is 5.75 Å². The highest BCUT2D eigenvalue weighted by atomic mass is 19.1. The number of benzene rings is 2. The Labute approximate surface area is 105 Å². The first-order valence-electron chi connectivity index (χ1n) is 5.68. The summed E-state index contributed by atoms with van der Waals surface area (Å²) in [7, 11) is 0. The number of carbonyl (C=O) groups is 1. The first-order chi connectivity index (χ1) is 8.74. The summed E-state index contributed by atoms with van der Waals surface area (Å²) < 4.78 is 18.1. The molecule has 0 aromatic heterocycles. The summed E-state index contributed by atoms with van der Waals surface area (Å²) in [5, 5.41) is 0. The Morgan fingerprint density at radius 2 is 1.83 bits per heavy atom. The normalized spacial score (nSPS) is 10.1. The quantitative estimate of drug-likeness (QED) is 0.808. The second-order valence-electron chi connectivity index (χ2n) is 3.95. The molecule has 2 aromatic carbocycles. The molecule has 3 heteroatoms. The first kappa shape index (κ1) is 12.3. The average molecular weight is 244 g/mol. The number of hydrogen-bond donors (Lipinski definition) is 0. The Kier molecular flexibility index (Phi) is 4.07. The van der Waals surface area contributed by atoms with Crippen LogP contribution in [-0.2, 0) is 11.2 Å². The van der Waals surface area contributed by atoms with Crippen molar-refractivity contribution < 1.29 is 13.9 Å². The van der Waals surface area contributed by atoms with Crippen LogP contribution in [0.15, 0.2) is 54.6 Å². The van der Waals surface area contributed by atoms with E-state index < -0.39 is 0 Å². The molecule has 0 N–H and O–H groups in total. The van der Waals surface area contributed by atoms with Crippen LogP contribution in [0.25, 0.3) is 0 Å². The fraction of sp³-hybridized carbons (Fsp3) is 0.133. The Bertz CT molecular complexity index is 523. The van der Waals surface area contributed by atoms with Gasteiger partial charge in [0, 0.05) is 12.5 Å². The van der Waals surface area contributed by atoms with Gasteiger partial charge in [0.1, 0.15) is 18.2 Å². The molecular weight excluding hydrogens is 231 g/mol. The molecule has 0 spiro atoms. The van der Waals surface area contributed by atoms with Crippen LogP contribution in [0.2, 0.25) is 0 Å². The molecule has 0 fully saturated rings. The molecule has 2 aromatic rings. The molecule has 0 radical (unpaired) electrons. The van der Waals surface area contributed by atoms with Crippen LogP contribution < -0.4 is 4.74 Å². The summed E-state index contributed by atoms with van der Waals surface area (Å²) >= 11 is 0. The summed E-state index contributed by atoms with van der Waals surface area (Å²) in [4.78, 5) is 11.7. The maximum absolute atomic E-state index is 12.9. The third-order valence-corrected chi connectivity index (χ3v) is 2.44. The molecule has 0 atom stereocenters. The SMILES string of the molecule is O=C(COc1cccc(F)c1)Cc1ccccc1. The van der Waals surface area contributed by atoms with Gasteiger partial charge in [0.25, 0.3) is 0 Å². The number of ketones is 1. The van der Waals surface area contributed by atoms with E-state index in [2.05, 4.69) is 0 Å². The molecule has 0 bridgehead atoms. The van der Waals surface area contributed by atoms with Crippen LogP contribution in [-0.4, -0.2) is 12.4 Å². The number of ether oxygens (including phenoxy) is 1. The Balaban J connectivity index is 1.85. The zero-order valence-corrected chi connectivity index (χ0v) is 9.80. The van der Waals surface area contributed by atoms with E-state index in [1.165, 1.54) is 12.1 Å². The Hall–Kier alpha value is -2.16. The smallest absolute Gasteiger partial charge is 0.174 e. The molecule has 0 heterocycles. The van der Waals surface area contributed by atoms with Crippen molar-refractivity contribution in [2.24, 2.45) is 0 Å². The summed E-state index contributed by atoms with van der Waals surface area (Å²) in [6, 6.07) is 15.2. The maximum atomic E-state index is 12.9. The second kappa shape index (κ2) is 5.96. The summed E-state index contributed by atoms with van der Waals surface area (Å²) in [6.45, 7) is -0.0433. The number of Topliss-reactive ketones (excluding diaryl/α,β-unsaturated/α-hetero) is 1. The molecule has 2 nitrogen and oxygen atoms in total. The van der Waals surface area contributed by atoms with Gasteiger partial charge in [0.05, 0.1) is 0 Å². The number of halogens is 1. The van der Waals surface area contributed by atoms with Gasteiger partial charge in [0.15, 0.2) is 5.78 Å². The summed E-state index contributed by atoms with van der Waals surface area (Å²) in [6.07, 6.45) is 0.330. The minimum atomic E-state index is -0.372. The van der Waals surface area contributed by atoms with Crippen LogP contribution >= 0.6 is 0 Å². The lowest BCUT2D eigenvalue weighted by molar-refractivity contribution is -0.120. The Morgan fingerprint density at radius 1 is 1.06 bits per heavy atom. The van der Waals surface area contributed by atoms with E-state index in [1.807, 2.05) is 30.3 Å². The van der Waals surface area contributed by atoms with Crippen molar-refractivity contribution in [1.29, 1.82) is 0 Å². The van der Waals surface area contributed by atoms with Crippen LogP contribution in [0, 0.1) is 5.82 Å². The minimum Gasteiger partial charge on any atom is -0.486 e. The van der Waals surface area contributed by atoms with E-state index in [-0.39, 0.29) is 18.2 Å². The second-order valence-corrected chi connectivity index (χ2v) is 3.95. The van der Waals surface area contributed by atoms with Gasteiger partial charge in [0.2, 0.25) is 0 Å². The van der Waals surface area contributed by atoms with Crippen LogP contribution in [0.4, 0.5) is 4.39 Å². The molecule has 0 unspecified atom stereocenters. The van der Waals surface area contributed by atoms with E-state index in [0.717, 1.165) is 5.56 Å². The van der Waals surface area contributed by atoms with E-state index >= 15 is 0 Å². The standard InChI is InChI=1S/C15H13FO2/c16-13-7-4-8-15(10-13)18-11-14(17)9-12-5-2-1-3-6-12/h1-8,10H,9,11H2. The summed E-state index contributed by atoms with van der Waals surface area (Å²) in [5.41, 5.74) is 0.949. The highest BCUT2D eigenvalue weighted by molar-refractivity contribution is 5.82. The molecule has 0 aliphatic rings. The van der Waals surface area contributed by atoms with E-state index in [4.69, 9.17) is 4.74 Å². The van der Waals surface area contributed by atoms with Gasteiger partial charge in [-0.15, -0.1) is 0 Å². The van der Waals surface area contributed by atoms with Crippen molar-refractivity contribution in [1.82, 2.24) is 0 Å². The lowest BCUT2D eigenvalue weighted by Gasteiger charge is -2.05. The molecule has 18 heavy (non-hydrogen) atoms. The third-order valence-electron chi connectivity index (χ3n) is 2.44. The highest BCUT2D eigenvalue weighted by Gasteiger charge is 2.05. The predicted octanol–water partition coefficient (Wildman–Crippen LogP) is 3.02. The van der Waals surface area contributed by atoms with E-state index in [0.29, 0.717) is 12.2 Å². The largest absolute Gasteiger partial charge is 0.486 e. The van der Waals surface area contributed by atoms with Crippen molar-refractivity contribution >= 4 is 5.78 Å². The molecule has 2 rings (SSSR count). The molecular formula is C15H13FO2. The van der Waals surface area contributed by atoms with E-state index in [9.17, 15) is 9.18 Å². The fourth-order valence-electron chi connectivity index (χ4n) is 1.60. The fourth-order valence-corrected chi connectivity index (χ4v) is 1.60. The molecule has 0 saturated carbocycles. The van der Waals surface area contributed by atoms with Gasteiger partial charge < -0.3 is 4.74 Å². The van der Waals surface area contributed by atoms with E-state index in [1.54, 1.807) is 12.1 Å². The van der Waals surface area contributed by atoms with Gasteiger partial charge >= 0.3 is 0 Å². The van der Waals surface area contributed by atoms with Crippen molar-refractivity contribution in [3.05, 3.63) is 66.0 Å². The number of rotatable bonds is 5. The average Bonchev–Trinajstić information content (AvgIpc) is 2.38. The molecule has 0 saturated heterocycles. The number of carbonyl (C=O) groups excluding carboxylic acids is 1. The molecule has 92 valence electrons. The predicted molar refractivity (Wildman–Crippen MR) is 67.0 cm³/mol. The van der Waals surface area contributed by atoms with Crippen molar-refractivity contribution in [3.63, 3.8) is 0 Å². The van der Waals surface area contributed by atoms with Gasteiger partial charge in [-0.2, -0.15) is 0 Å². The van der Waals surface area contributed by atoms with Gasteiger partial charge in [-0.1, -0.05) is 36.4 Å². The number of hydrogen-bond acceptors (Lipinski definition) is 2. The third kappa shape index (κ3) is 3.70. The van der Waals surface area contributed by atoms with Crippen LogP contribution in [0.1, 0.15) is 5.56 Å². The first-order valence-corrected chi connectivity index (χ1v) is 5.68. The zero-order chi connectivity index (χ0) is 12.8. The maximum Gasteiger partial charge on any atom is 0.174 e. The van der Waals surface area contributed by atoms with Crippen LogP contribution in [0.3, 0.4) is 0 Å². The molecule has 0 aliphatic carbocycles. The lowest BCUT2D eigenvalue weighted by Crippen LogP contribution is -2.13. The molecule has 0 aliphatic heterocycles. The highest BCUT2D eigenvalue weighted by Crippen LogP contribution is 2.12. The van der Waals surface area contributed by atoms with Crippen molar-refractivity contribution in [2.75, 3.05) is 6.61 Å². The van der Waals surface area contributed by atoms with Gasteiger partial charge in [-0.25, -0.2) is 4.39 Å². The minimum absolute atomic E-state index is 0.0366.